The summed E-state index contributed by atoms with van der Waals surface area (Å²) in [6, 6.07) is 15.7. The van der Waals surface area contributed by atoms with E-state index in [4.69, 9.17) is 27.9 Å². The molecule has 0 unspecified atom stereocenters. The molecule has 0 amide bonds. The second kappa shape index (κ2) is 8.31. The van der Waals surface area contributed by atoms with Crippen LogP contribution in [0.5, 0.6) is 11.6 Å². The number of aromatic nitrogens is 4. The van der Waals surface area contributed by atoms with Crippen LogP contribution < -0.4 is 9.46 Å². The first-order valence-electron chi connectivity index (χ1n) is 8.50. The highest BCUT2D eigenvalue weighted by atomic mass is 35.5. The summed E-state index contributed by atoms with van der Waals surface area (Å²) in [5.41, 5.74) is 0.332. The molecule has 0 bridgehead atoms. The molecule has 8 nitrogen and oxygen atoms in total. The number of halogens is 2. The van der Waals surface area contributed by atoms with Crippen LogP contribution in [-0.2, 0) is 10.0 Å². The van der Waals surface area contributed by atoms with E-state index in [1.807, 2.05) is 0 Å². The van der Waals surface area contributed by atoms with Crippen LogP contribution in [0.25, 0.3) is 5.82 Å². The largest absolute Gasteiger partial charge is 0.438 e. The monoisotopic (exact) mass is 461 g/mol. The average Bonchev–Trinajstić information content (AvgIpc) is 3.26. The highest BCUT2D eigenvalue weighted by Crippen LogP contribution is 2.28. The molecule has 152 valence electrons. The Morgan fingerprint density at radius 3 is 2.43 bits per heavy atom. The third-order valence-electron chi connectivity index (χ3n) is 3.88. The molecule has 2 heterocycles. The molecular weight excluding hydrogens is 449 g/mol. The molecule has 0 aliphatic rings. The van der Waals surface area contributed by atoms with Crippen molar-refractivity contribution >= 4 is 38.9 Å². The van der Waals surface area contributed by atoms with Gasteiger partial charge in [0.1, 0.15) is 10.6 Å². The van der Waals surface area contributed by atoms with E-state index in [2.05, 4.69) is 20.0 Å². The number of anilines is 1. The molecule has 2 aromatic heterocycles. The summed E-state index contributed by atoms with van der Waals surface area (Å²) in [4.78, 5) is -0.107. The number of hydrogen-bond acceptors (Lipinski definition) is 6. The van der Waals surface area contributed by atoms with Crippen molar-refractivity contribution in [2.75, 3.05) is 4.72 Å². The molecule has 1 N–H and O–H groups in total. The first-order valence-corrected chi connectivity index (χ1v) is 10.7. The van der Waals surface area contributed by atoms with Gasteiger partial charge in [-0.2, -0.15) is 5.10 Å². The quantitative estimate of drug-likeness (QED) is 0.451. The van der Waals surface area contributed by atoms with Crippen molar-refractivity contribution in [3.63, 3.8) is 0 Å². The molecule has 4 rings (SSSR count). The first-order chi connectivity index (χ1) is 14.4. The molecule has 0 saturated heterocycles. The molecule has 0 radical (unpaired) electrons. The Balaban J connectivity index is 1.46. The third kappa shape index (κ3) is 4.54. The number of hydrogen-bond donors (Lipinski definition) is 1. The predicted molar refractivity (Wildman–Crippen MR) is 113 cm³/mol. The van der Waals surface area contributed by atoms with Gasteiger partial charge in [0.2, 0.25) is 5.88 Å². The Morgan fingerprint density at radius 1 is 0.967 bits per heavy atom. The number of rotatable bonds is 6. The number of sulfonamides is 1. The van der Waals surface area contributed by atoms with Crippen molar-refractivity contribution in [2.24, 2.45) is 0 Å². The van der Waals surface area contributed by atoms with E-state index in [1.165, 1.54) is 18.2 Å². The van der Waals surface area contributed by atoms with Gasteiger partial charge in [-0.1, -0.05) is 23.2 Å². The minimum atomic E-state index is -3.90. The molecule has 0 fully saturated rings. The Bertz CT molecular complexity index is 1260. The zero-order valence-electron chi connectivity index (χ0n) is 15.1. The number of benzene rings is 2. The minimum absolute atomic E-state index is 0.0731. The Kier molecular flexibility index (Phi) is 5.58. The van der Waals surface area contributed by atoms with Crippen molar-refractivity contribution in [1.82, 2.24) is 20.0 Å². The fourth-order valence-electron chi connectivity index (χ4n) is 2.50. The van der Waals surface area contributed by atoms with Gasteiger partial charge in [0.25, 0.3) is 10.0 Å². The number of nitrogens with one attached hydrogen (secondary N) is 1. The van der Waals surface area contributed by atoms with Crippen molar-refractivity contribution in [3.05, 3.63) is 83.1 Å². The topological polar surface area (TPSA) is 99.0 Å². The average molecular weight is 462 g/mol. The Labute approximate surface area is 182 Å². The fraction of sp³-hybridized carbons (Fsp3) is 0. The minimum Gasteiger partial charge on any atom is -0.438 e. The molecule has 0 aliphatic heterocycles. The highest BCUT2D eigenvalue weighted by Gasteiger charge is 2.18. The molecule has 2 aromatic carbocycles. The van der Waals surface area contributed by atoms with E-state index in [0.29, 0.717) is 17.3 Å². The van der Waals surface area contributed by atoms with Crippen LogP contribution in [0, 0.1) is 0 Å². The van der Waals surface area contributed by atoms with Crippen LogP contribution in [0.1, 0.15) is 0 Å². The van der Waals surface area contributed by atoms with Crippen molar-refractivity contribution in [1.29, 1.82) is 0 Å². The molecule has 4 aromatic rings. The van der Waals surface area contributed by atoms with Gasteiger partial charge < -0.3 is 4.74 Å². The lowest BCUT2D eigenvalue weighted by atomic mass is 10.3. The molecule has 0 aliphatic carbocycles. The summed E-state index contributed by atoms with van der Waals surface area (Å²) in [5, 5.41) is 12.5. The van der Waals surface area contributed by atoms with Gasteiger partial charge in [0.05, 0.1) is 5.02 Å². The van der Waals surface area contributed by atoms with Gasteiger partial charge in [-0.05, 0) is 54.6 Å². The van der Waals surface area contributed by atoms with E-state index >= 15 is 0 Å². The van der Waals surface area contributed by atoms with Crippen LogP contribution in [0.2, 0.25) is 10.0 Å². The smallest absolute Gasteiger partial charge is 0.263 e. The third-order valence-corrected chi connectivity index (χ3v) is 5.97. The van der Waals surface area contributed by atoms with Crippen LogP contribution in [0.3, 0.4) is 0 Å². The lowest BCUT2D eigenvalue weighted by Gasteiger charge is -2.11. The van der Waals surface area contributed by atoms with Gasteiger partial charge in [0, 0.05) is 29.2 Å². The predicted octanol–water partition coefficient (Wildman–Crippen LogP) is 4.56. The van der Waals surface area contributed by atoms with E-state index in [1.54, 1.807) is 59.5 Å². The summed E-state index contributed by atoms with van der Waals surface area (Å²) < 4.78 is 34.8. The first kappa shape index (κ1) is 20.1. The van der Waals surface area contributed by atoms with Gasteiger partial charge in [-0.15, -0.1) is 10.2 Å². The maximum absolute atomic E-state index is 12.6. The molecule has 11 heteroatoms. The number of ether oxygens (including phenoxy) is 1. The SMILES string of the molecule is O=S(=O)(Nc1ccc(Oc2ccc(-n3cccn3)nn2)cc1)c1cc(Cl)ccc1Cl. The van der Waals surface area contributed by atoms with E-state index in [9.17, 15) is 8.42 Å². The summed E-state index contributed by atoms with van der Waals surface area (Å²) >= 11 is 11.9. The van der Waals surface area contributed by atoms with E-state index in [-0.39, 0.29) is 20.8 Å². The molecule has 0 saturated carbocycles. The summed E-state index contributed by atoms with van der Waals surface area (Å²) in [6.45, 7) is 0. The lowest BCUT2D eigenvalue weighted by Crippen LogP contribution is -2.13. The van der Waals surface area contributed by atoms with Crippen molar-refractivity contribution < 1.29 is 13.2 Å². The highest BCUT2D eigenvalue weighted by molar-refractivity contribution is 7.92. The van der Waals surface area contributed by atoms with Crippen molar-refractivity contribution in [3.8, 4) is 17.4 Å². The Hall–Kier alpha value is -3.14. The van der Waals surface area contributed by atoms with E-state index < -0.39 is 10.0 Å². The van der Waals surface area contributed by atoms with E-state index in [0.717, 1.165) is 0 Å². The van der Waals surface area contributed by atoms with Gasteiger partial charge >= 0.3 is 0 Å². The second-order valence-corrected chi connectivity index (χ2v) is 8.48. The standard InChI is InChI=1S/C19H13Cl2N5O3S/c20-13-2-7-16(21)17(12-13)30(27,28)25-14-3-5-15(6-4-14)29-19-9-8-18(23-24-19)26-11-1-10-22-26/h1-12,25H. The van der Waals surface area contributed by atoms with Gasteiger partial charge in [0.15, 0.2) is 5.82 Å². The summed E-state index contributed by atoms with van der Waals surface area (Å²) in [6.07, 6.45) is 3.39. The zero-order chi connectivity index (χ0) is 21.1. The van der Waals surface area contributed by atoms with Crippen LogP contribution >= 0.6 is 23.2 Å². The van der Waals surface area contributed by atoms with Crippen molar-refractivity contribution in [2.45, 2.75) is 4.90 Å². The Morgan fingerprint density at radius 2 is 1.77 bits per heavy atom. The van der Waals surface area contributed by atoms with Gasteiger partial charge in [-0.3, -0.25) is 4.72 Å². The van der Waals surface area contributed by atoms with Gasteiger partial charge in [-0.25, -0.2) is 13.1 Å². The zero-order valence-corrected chi connectivity index (χ0v) is 17.4. The normalized spacial score (nSPS) is 11.3. The van der Waals surface area contributed by atoms with Crippen LogP contribution in [0.15, 0.2) is 78.0 Å². The maximum atomic E-state index is 12.6. The number of nitrogens with zero attached hydrogens (tertiary/aromatic N) is 4. The van der Waals surface area contributed by atoms with Crippen LogP contribution in [-0.4, -0.2) is 28.4 Å². The fourth-order valence-corrected chi connectivity index (χ4v) is 4.32. The second-order valence-electron chi connectivity index (χ2n) is 5.99. The summed E-state index contributed by atoms with van der Waals surface area (Å²) in [7, 11) is -3.90. The summed E-state index contributed by atoms with van der Waals surface area (Å²) in [5.74, 6) is 1.29. The molecule has 30 heavy (non-hydrogen) atoms. The lowest BCUT2D eigenvalue weighted by molar-refractivity contribution is 0.454. The molecule has 0 spiro atoms. The molecular formula is C19H13Cl2N5O3S. The maximum Gasteiger partial charge on any atom is 0.263 e. The van der Waals surface area contributed by atoms with Crippen LogP contribution in [0.4, 0.5) is 5.69 Å². The molecule has 0 atom stereocenters.